The number of hydrogen-bond acceptors (Lipinski definition) is 5. The molecule has 0 unspecified atom stereocenters. The third kappa shape index (κ3) is 7.40. The van der Waals surface area contributed by atoms with Gasteiger partial charge in [-0.05, 0) is 87.6 Å². The van der Waals surface area contributed by atoms with Crippen LogP contribution in [0, 0.1) is 11.6 Å². The molecular formula is C32H36F2N4O4S. The van der Waals surface area contributed by atoms with E-state index >= 15 is 0 Å². The molecule has 1 atom stereocenters. The molecule has 0 saturated carbocycles. The van der Waals surface area contributed by atoms with E-state index in [2.05, 4.69) is 10.3 Å². The predicted octanol–water partition coefficient (Wildman–Crippen LogP) is 6.88. The Kier molecular flexibility index (Phi) is 8.84. The van der Waals surface area contributed by atoms with E-state index in [1.807, 2.05) is 6.07 Å². The van der Waals surface area contributed by atoms with Crippen molar-refractivity contribution in [2.45, 2.75) is 69.4 Å². The van der Waals surface area contributed by atoms with Crippen LogP contribution in [0.15, 0.2) is 65.7 Å². The minimum absolute atomic E-state index is 0.0191. The number of H-pyrrole nitrogens is 1. The average molecular weight is 611 g/mol. The second-order valence-electron chi connectivity index (χ2n) is 11.9. The highest BCUT2D eigenvalue weighted by Gasteiger charge is 2.27. The van der Waals surface area contributed by atoms with Gasteiger partial charge in [-0.25, -0.2) is 27.0 Å². The Morgan fingerprint density at radius 3 is 2.28 bits per heavy atom. The van der Waals surface area contributed by atoms with Crippen molar-refractivity contribution >= 4 is 27.1 Å². The minimum Gasteiger partial charge on any atom is -0.444 e. The maximum Gasteiger partial charge on any atom is 0.408 e. The topological polar surface area (TPSA) is 104 Å². The van der Waals surface area contributed by atoms with Crippen LogP contribution in [0.25, 0.3) is 22.2 Å². The van der Waals surface area contributed by atoms with Gasteiger partial charge in [-0.2, -0.15) is 4.31 Å². The molecule has 43 heavy (non-hydrogen) atoms. The Balaban J connectivity index is 1.56. The van der Waals surface area contributed by atoms with Crippen molar-refractivity contribution in [3.05, 3.63) is 83.7 Å². The number of amides is 1. The Morgan fingerprint density at radius 2 is 1.65 bits per heavy atom. The Bertz CT molecular complexity index is 1690. The first-order valence-electron chi connectivity index (χ1n) is 14.4. The van der Waals surface area contributed by atoms with Gasteiger partial charge in [0.1, 0.15) is 17.2 Å². The molecular weight excluding hydrogens is 574 g/mol. The smallest absolute Gasteiger partial charge is 0.408 e. The first-order valence-corrected chi connectivity index (χ1v) is 15.9. The quantitative estimate of drug-likeness (QED) is 0.237. The number of alkyl carbamates (subject to hydrolysis) is 1. The molecule has 0 radical (unpaired) electrons. The molecule has 3 heterocycles. The lowest BCUT2D eigenvalue weighted by molar-refractivity contribution is 0.0502. The highest BCUT2D eigenvalue weighted by atomic mass is 32.2. The fraction of sp³-hybridized carbons (Fsp3) is 0.375. The number of pyridine rings is 1. The second kappa shape index (κ2) is 12.4. The number of carbonyl (C=O) groups is 1. The third-order valence-corrected chi connectivity index (χ3v) is 9.23. The van der Waals surface area contributed by atoms with Crippen molar-refractivity contribution in [2.75, 3.05) is 13.1 Å². The predicted molar refractivity (Wildman–Crippen MR) is 161 cm³/mol. The van der Waals surface area contributed by atoms with Gasteiger partial charge < -0.3 is 15.0 Å². The van der Waals surface area contributed by atoms with E-state index in [9.17, 15) is 22.0 Å². The molecule has 2 aromatic heterocycles. The van der Waals surface area contributed by atoms with Crippen molar-refractivity contribution in [3.8, 4) is 11.1 Å². The van der Waals surface area contributed by atoms with Crippen molar-refractivity contribution in [3.63, 3.8) is 0 Å². The van der Waals surface area contributed by atoms with Gasteiger partial charge in [0.25, 0.3) is 0 Å². The SMILES string of the molecule is CC(C)(C)OC(=O)N[C@H](Cc1cc(F)cc(F)c1)c1nc2cc[nH]c2cc1-c1ccc(S(=O)(=O)N2CCCCCC2)cc1. The summed E-state index contributed by atoms with van der Waals surface area (Å²) in [4.78, 5) is 21.2. The normalized spacial score (nSPS) is 15.7. The number of halogens is 2. The zero-order valence-electron chi connectivity index (χ0n) is 24.5. The molecule has 4 aromatic rings. The van der Waals surface area contributed by atoms with E-state index in [0.29, 0.717) is 41.0 Å². The van der Waals surface area contributed by atoms with Crippen LogP contribution in [0.2, 0.25) is 0 Å². The van der Waals surface area contributed by atoms with Crippen LogP contribution in [0.3, 0.4) is 0 Å². The number of aromatic nitrogens is 2. The maximum absolute atomic E-state index is 14.1. The molecule has 1 aliphatic heterocycles. The van der Waals surface area contributed by atoms with E-state index in [0.717, 1.165) is 37.3 Å². The van der Waals surface area contributed by atoms with Crippen LogP contribution in [0.1, 0.15) is 63.8 Å². The van der Waals surface area contributed by atoms with Crippen molar-refractivity contribution in [2.24, 2.45) is 0 Å². The van der Waals surface area contributed by atoms with Gasteiger partial charge in [-0.15, -0.1) is 0 Å². The maximum atomic E-state index is 14.1. The molecule has 1 fully saturated rings. The number of carbonyl (C=O) groups excluding carboxylic acids is 1. The van der Waals surface area contributed by atoms with E-state index in [1.54, 1.807) is 61.6 Å². The molecule has 8 nitrogen and oxygen atoms in total. The van der Waals surface area contributed by atoms with E-state index in [-0.39, 0.29) is 11.3 Å². The second-order valence-corrected chi connectivity index (χ2v) is 13.8. The fourth-order valence-electron chi connectivity index (χ4n) is 5.36. The number of hydrogen-bond donors (Lipinski definition) is 2. The largest absolute Gasteiger partial charge is 0.444 e. The lowest BCUT2D eigenvalue weighted by Crippen LogP contribution is -2.36. The van der Waals surface area contributed by atoms with Gasteiger partial charge in [-0.1, -0.05) is 25.0 Å². The van der Waals surface area contributed by atoms with Crippen LogP contribution < -0.4 is 5.32 Å². The number of ether oxygens (including phenoxy) is 1. The number of rotatable bonds is 7. The van der Waals surface area contributed by atoms with E-state index in [4.69, 9.17) is 9.72 Å². The summed E-state index contributed by atoms with van der Waals surface area (Å²) < 4.78 is 62.1. The standard InChI is InChI=1S/C32H36F2N4O4S/c1-32(2,3)42-31(39)37-29(18-21-16-23(33)19-24(34)17-21)30-26(20-28-27(36-30)12-13-35-28)22-8-10-25(11-9-22)43(40,41)38-14-6-4-5-7-15-38/h8-13,16-17,19-20,29,35H,4-7,14-15,18H2,1-3H3,(H,37,39)/t29-/m1/s1. The molecule has 0 spiro atoms. The van der Waals surface area contributed by atoms with Gasteiger partial charge >= 0.3 is 6.09 Å². The summed E-state index contributed by atoms with van der Waals surface area (Å²) in [6.07, 6.45) is 4.75. The minimum atomic E-state index is -3.65. The molecule has 1 saturated heterocycles. The number of sulfonamides is 1. The van der Waals surface area contributed by atoms with E-state index < -0.39 is 39.4 Å². The molecule has 11 heteroatoms. The van der Waals surface area contributed by atoms with Gasteiger partial charge in [0, 0.05) is 30.9 Å². The van der Waals surface area contributed by atoms with Crippen LogP contribution in [-0.2, 0) is 21.2 Å². The Hall–Kier alpha value is -3.83. The molecule has 2 aromatic carbocycles. The highest BCUT2D eigenvalue weighted by molar-refractivity contribution is 7.89. The zero-order valence-corrected chi connectivity index (χ0v) is 25.3. The van der Waals surface area contributed by atoms with Crippen molar-refractivity contribution in [1.82, 2.24) is 19.6 Å². The monoisotopic (exact) mass is 610 g/mol. The molecule has 2 N–H and O–H groups in total. The lowest BCUT2D eigenvalue weighted by atomic mass is 9.95. The van der Waals surface area contributed by atoms with Gasteiger partial charge in [0.05, 0.1) is 27.7 Å². The van der Waals surface area contributed by atoms with Crippen LogP contribution in [0.5, 0.6) is 0 Å². The summed E-state index contributed by atoms with van der Waals surface area (Å²) in [6, 6.07) is 12.6. The Morgan fingerprint density at radius 1 is 1.00 bits per heavy atom. The molecule has 0 bridgehead atoms. The summed E-state index contributed by atoms with van der Waals surface area (Å²) in [5, 5.41) is 2.85. The summed E-state index contributed by atoms with van der Waals surface area (Å²) in [5.74, 6) is -1.47. The molecule has 1 aliphatic rings. The molecule has 1 amide bonds. The number of nitrogens with one attached hydrogen (secondary N) is 2. The summed E-state index contributed by atoms with van der Waals surface area (Å²) >= 11 is 0. The third-order valence-electron chi connectivity index (χ3n) is 7.31. The lowest BCUT2D eigenvalue weighted by Gasteiger charge is -2.25. The number of nitrogens with zero attached hydrogens (tertiary/aromatic N) is 2. The van der Waals surface area contributed by atoms with Gasteiger partial charge in [0.15, 0.2) is 0 Å². The molecule has 228 valence electrons. The highest BCUT2D eigenvalue weighted by Crippen LogP contribution is 2.33. The van der Waals surface area contributed by atoms with Crippen LogP contribution >= 0.6 is 0 Å². The van der Waals surface area contributed by atoms with Gasteiger partial charge in [0.2, 0.25) is 10.0 Å². The molecule has 0 aliphatic carbocycles. The number of aromatic amines is 1. The van der Waals surface area contributed by atoms with E-state index in [1.165, 1.54) is 12.1 Å². The van der Waals surface area contributed by atoms with Crippen LogP contribution in [-0.4, -0.2) is 47.5 Å². The van der Waals surface area contributed by atoms with Gasteiger partial charge in [-0.3, -0.25) is 0 Å². The number of fused-ring (bicyclic) bond motifs is 1. The first kappa shape index (κ1) is 30.6. The Labute approximate surface area is 250 Å². The van der Waals surface area contributed by atoms with Crippen LogP contribution in [0.4, 0.5) is 13.6 Å². The van der Waals surface area contributed by atoms with Crippen molar-refractivity contribution < 1.29 is 26.7 Å². The fourth-order valence-corrected chi connectivity index (χ4v) is 6.88. The first-order chi connectivity index (χ1) is 20.4. The summed E-state index contributed by atoms with van der Waals surface area (Å²) in [6.45, 7) is 6.21. The summed E-state index contributed by atoms with van der Waals surface area (Å²) in [7, 11) is -3.65. The van der Waals surface area contributed by atoms with Crippen molar-refractivity contribution in [1.29, 1.82) is 0 Å². The zero-order chi connectivity index (χ0) is 30.8. The average Bonchev–Trinajstić information content (AvgIpc) is 3.20. The summed E-state index contributed by atoms with van der Waals surface area (Å²) in [5.41, 5.74) is 2.61. The number of benzene rings is 2. The molecule has 5 rings (SSSR count).